The van der Waals surface area contributed by atoms with E-state index in [-0.39, 0.29) is 0 Å². The number of benzene rings is 2. The van der Waals surface area contributed by atoms with Gasteiger partial charge in [-0.25, -0.2) is 0 Å². The molecule has 102 valence electrons. The van der Waals surface area contributed by atoms with Crippen LogP contribution < -0.4 is 4.90 Å². The van der Waals surface area contributed by atoms with E-state index in [2.05, 4.69) is 54.3 Å². The van der Waals surface area contributed by atoms with Gasteiger partial charge < -0.3 is 4.90 Å². The second kappa shape index (κ2) is 4.66. The van der Waals surface area contributed by atoms with Crippen molar-refractivity contribution in [2.45, 2.75) is 32.1 Å². The first-order chi connectivity index (χ1) is 9.83. The minimum Gasteiger partial charge on any atom is -0.371 e. The summed E-state index contributed by atoms with van der Waals surface area (Å²) in [4.78, 5) is 2.62. The summed E-state index contributed by atoms with van der Waals surface area (Å²) < 4.78 is 0. The van der Waals surface area contributed by atoms with Crippen molar-refractivity contribution in [2.24, 2.45) is 0 Å². The first-order valence-electron chi connectivity index (χ1n) is 7.76. The van der Waals surface area contributed by atoms with E-state index in [0.717, 1.165) is 0 Å². The first-order valence-corrected chi connectivity index (χ1v) is 7.76. The van der Waals surface area contributed by atoms with E-state index >= 15 is 0 Å². The fraction of sp³-hybridized carbons (Fsp3) is 0.368. The van der Waals surface area contributed by atoms with Gasteiger partial charge in [-0.3, -0.25) is 0 Å². The fourth-order valence-corrected chi connectivity index (χ4v) is 3.99. The molecule has 2 aliphatic heterocycles. The smallest absolute Gasteiger partial charge is 0.0437 e. The lowest BCUT2D eigenvalue weighted by Gasteiger charge is -2.40. The molecule has 0 radical (unpaired) electrons. The topological polar surface area (TPSA) is 3.24 Å². The third-order valence-electron chi connectivity index (χ3n) is 4.82. The average Bonchev–Trinajstić information content (AvgIpc) is 2.48. The highest BCUT2D eigenvalue weighted by atomic mass is 15.1. The van der Waals surface area contributed by atoms with Gasteiger partial charge in [0.05, 0.1) is 0 Å². The maximum Gasteiger partial charge on any atom is 0.0437 e. The maximum absolute atomic E-state index is 2.62. The van der Waals surface area contributed by atoms with Gasteiger partial charge in [0.1, 0.15) is 0 Å². The first kappa shape index (κ1) is 12.0. The highest BCUT2D eigenvalue weighted by Crippen LogP contribution is 2.43. The molecular weight excluding hydrogens is 242 g/mol. The summed E-state index contributed by atoms with van der Waals surface area (Å²) in [7, 11) is 0. The summed E-state index contributed by atoms with van der Waals surface area (Å²) >= 11 is 0. The van der Waals surface area contributed by atoms with Crippen molar-refractivity contribution in [3.8, 4) is 0 Å². The Kier molecular flexibility index (Phi) is 2.80. The van der Waals surface area contributed by atoms with Crippen LogP contribution in [0.1, 0.15) is 41.0 Å². The van der Waals surface area contributed by atoms with Gasteiger partial charge in [0.15, 0.2) is 0 Å². The molecule has 0 amide bonds. The Bertz CT molecular complexity index is 630. The molecule has 0 saturated heterocycles. The number of hydrogen-bond acceptors (Lipinski definition) is 1. The van der Waals surface area contributed by atoms with Crippen molar-refractivity contribution in [2.75, 3.05) is 18.0 Å². The molecule has 4 rings (SSSR count). The molecule has 1 unspecified atom stereocenters. The Balaban J connectivity index is 1.88. The molecule has 0 fully saturated rings. The maximum atomic E-state index is 2.62. The van der Waals surface area contributed by atoms with E-state index in [1.807, 2.05) is 0 Å². The minimum absolute atomic E-state index is 0.583. The molecule has 2 heterocycles. The molecule has 0 aliphatic carbocycles. The fourth-order valence-electron chi connectivity index (χ4n) is 3.99. The largest absolute Gasteiger partial charge is 0.371 e. The predicted octanol–water partition coefficient (Wildman–Crippen LogP) is 4.28. The SMILES string of the molecule is Cc1cc2c3c(c1)C(c1ccccc1)CCN3CCC2. The molecule has 1 nitrogen and oxygen atoms in total. The van der Waals surface area contributed by atoms with Crippen molar-refractivity contribution < 1.29 is 0 Å². The van der Waals surface area contributed by atoms with Crippen molar-refractivity contribution >= 4 is 5.69 Å². The highest BCUT2D eigenvalue weighted by Gasteiger charge is 2.30. The number of hydrogen-bond donors (Lipinski definition) is 0. The lowest BCUT2D eigenvalue weighted by Crippen LogP contribution is -2.36. The van der Waals surface area contributed by atoms with Gasteiger partial charge in [0.2, 0.25) is 0 Å². The van der Waals surface area contributed by atoms with Crippen LogP contribution >= 0.6 is 0 Å². The highest BCUT2D eigenvalue weighted by molar-refractivity contribution is 5.66. The van der Waals surface area contributed by atoms with E-state index in [4.69, 9.17) is 0 Å². The van der Waals surface area contributed by atoms with Gasteiger partial charge in [0, 0.05) is 24.7 Å². The van der Waals surface area contributed by atoms with Crippen LogP contribution in [0.2, 0.25) is 0 Å². The molecule has 0 N–H and O–H groups in total. The van der Waals surface area contributed by atoms with Gasteiger partial charge in [-0.2, -0.15) is 0 Å². The van der Waals surface area contributed by atoms with Crippen molar-refractivity contribution in [3.63, 3.8) is 0 Å². The van der Waals surface area contributed by atoms with Crippen LogP contribution in [0.3, 0.4) is 0 Å². The van der Waals surface area contributed by atoms with Crippen molar-refractivity contribution in [1.29, 1.82) is 0 Å². The second-order valence-electron chi connectivity index (χ2n) is 6.20. The number of rotatable bonds is 1. The van der Waals surface area contributed by atoms with E-state index in [9.17, 15) is 0 Å². The zero-order valence-corrected chi connectivity index (χ0v) is 12.1. The lowest BCUT2D eigenvalue weighted by atomic mass is 9.80. The van der Waals surface area contributed by atoms with Crippen LogP contribution in [0.25, 0.3) is 0 Å². The predicted molar refractivity (Wildman–Crippen MR) is 84.6 cm³/mol. The number of aryl methyl sites for hydroxylation is 2. The number of anilines is 1. The van der Waals surface area contributed by atoms with E-state index in [1.165, 1.54) is 43.5 Å². The van der Waals surface area contributed by atoms with Crippen LogP contribution in [0, 0.1) is 6.92 Å². The molecule has 0 spiro atoms. The lowest BCUT2D eigenvalue weighted by molar-refractivity contribution is 0.596. The molecule has 0 aromatic heterocycles. The zero-order chi connectivity index (χ0) is 13.5. The summed E-state index contributed by atoms with van der Waals surface area (Å²) in [6.45, 7) is 4.69. The molecule has 2 aromatic rings. The minimum atomic E-state index is 0.583. The molecule has 20 heavy (non-hydrogen) atoms. The molecule has 1 atom stereocenters. The van der Waals surface area contributed by atoms with Gasteiger partial charge in [-0.05, 0) is 42.9 Å². The molecule has 0 saturated carbocycles. The summed E-state index contributed by atoms with van der Waals surface area (Å²) in [5, 5.41) is 0. The zero-order valence-electron chi connectivity index (χ0n) is 12.1. The van der Waals surface area contributed by atoms with E-state index in [1.54, 1.807) is 16.8 Å². The molecule has 2 aliphatic rings. The molecular formula is C19H21N. The normalized spacial score (nSPS) is 20.6. The quantitative estimate of drug-likeness (QED) is 0.742. The van der Waals surface area contributed by atoms with Crippen LogP contribution in [0.15, 0.2) is 42.5 Å². The summed E-state index contributed by atoms with van der Waals surface area (Å²) in [5.41, 5.74) is 7.60. The Morgan fingerprint density at radius 2 is 1.90 bits per heavy atom. The van der Waals surface area contributed by atoms with Crippen LogP contribution in [-0.2, 0) is 6.42 Å². The van der Waals surface area contributed by atoms with E-state index in [0.29, 0.717) is 5.92 Å². The Labute approximate surface area is 121 Å². The van der Waals surface area contributed by atoms with Crippen LogP contribution in [0.4, 0.5) is 5.69 Å². The Hall–Kier alpha value is -1.76. The molecule has 1 heteroatoms. The monoisotopic (exact) mass is 263 g/mol. The standard InChI is InChI=1S/C19H21N/c1-14-12-16-8-5-10-20-11-9-17(18(13-14)19(16)20)15-6-3-2-4-7-15/h2-4,6-7,12-13,17H,5,8-11H2,1H3. The van der Waals surface area contributed by atoms with Gasteiger partial charge in [0.25, 0.3) is 0 Å². The van der Waals surface area contributed by atoms with Crippen molar-refractivity contribution in [1.82, 2.24) is 0 Å². The average molecular weight is 263 g/mol. The summed E-state index contributed by atoms with van der Waals surface area (Å²) in [6, 6.07) is 15.9. The third-order valence-corrected chi connectivity index (χ3v) is 4.82. The van der Waals surface area contributed by atoms with Crippen LogP contribution in [-0.4, -0.2) is 13.1 Å². The summed E-state index contributed by atoms with van der Waals surface area (Å²) in [5.74, 6) is 0.583. The second-order valence-corrected chi connectivity index (χ2v) is 6.20. The molecule has 0 bridgehead atoms. The number of nitrogens with zero attached hydrogens (tertiary/aromatic N) is 1. The van der Waals surface area contributed by atoms with Crippen LogP contribution in [0.5, 0.6) is 0 Å². The van der Waals surface area contributed by atoms with Gasteiger partial charge in [-0.15, -0.1) is 0 Å². The Morgan fingerprint density at radius 3 is 2.75 bits per heavy atom. The summed E-state index contributed by atoms with van der Waals surface area (Å²) in [6.07, 6.45) is 3.81. The Morgan fingerprint density at radius 1 is 1.05 bits per heavy atom. The molecule has 2 aromatic carbocycles. The van der Waals surface area contributed by atoms with Gasteiger partial charge >= 0.3 is 0 Å². The van der Waals surface area contributed by atoms with Gasteiger partial charge in [-0.1, -0.05) is 48.0 Å². The third kappa shape index (κ3) is 1.84. The van der Waals surface area contributed by atoms with Crippen molar-refractivity contribution in [3.05, 3.63) is 64.7 Å². The van der Waals surface area contributed by atoms with E-state index < -0.39 is 0 Å².